The van der Waals surface area contributed by atoms with Gasteiger partial charge in [-0.1, -0.05) is 30.3 Å². The van der Waals surface area contributed by atoms with Crippen LogP contribution in [0.5, 0.6) is 0 Å². The molecule has 1 unspecified atom stereocenters. The Kier molecular flexibility index (Phi) is 5.78. The van der Waals surface area contributed by atoms with Crippen LogP contribution in [0.15, 0.2) is 30.3 Å². The molecular formula is C16H18N2O6. The van der Waals surface area contributed by atoms with Crippen LogP contribution in [0, 0.1) is 5.92 Å². The van der Waals surface area contributed by atoms with Crippen molar-refractivity contribution in [1.29, 1.82) is 0 Å². The van der Waals surface area contributed by atoms with Crippen molar-refractivity contribution in [3.05, 3.63) is 35.9 Å². The lowest BCUT2D eigenvalue weighted by Crippen LogP contribution is -2.40. The predicted molar refractivity (Wildman–Crippen MR) is 81.3 cm³/mol. The van der Waals surface area contributed by atoms with Crippen LogP contribution >= 0.6 is 0 Å². The lowest BCUT2D eigenvalue weighted by Gasteiger charge is -2.14. The minimum absolute atomic E-state index is 0.0186. The third-order valence-corrected chi connectivity index (χ3v) is 3.65. The van der Waals surface area contributed by atoms with Crippen LogP contribution in [0.25, 0.3) is 0 Å². The molecule has 2 atom stereocenters. The maximum Gasteiger partial charge on any atom is 0.423 e. The molecule has 1 aliphatic heterocycles. The normalized spacial score (nSPS) is 18.6. The molecule has 3 N–H and O–H groups in total. The van der Waals surface area contributed by atoms with Gasteiger partial charge >= 0.3 is 6.09 Å². The number of Topliss-reactive ketones (excluding diaryl/α,β-unsaturated/α-hetero) is 1. The van der Waals surface area contributed by atoms with E-state index in [1.165, 1.54) is 0 Å². The summed E-state index contributed by atoms with van der Waals surface area (Å²) in [5, 5.41) is 9.63. The van der Waals surface area contributed by atoms with Gasteiger partial charge < -0.3 is 15.6 Å². The van der Waals surface area contributed by atoms with Crippen molar-refractivity contribution in [2.75, 3.05) is 6.54 Å². The zero-order chi connectivity index (χ0) is 17.7. The molecule has 1 aromatic carbocycles. The van der Waals surface area contributed by atoms with Crippen LogP contribution in [0.2, 0.25) is 0 Å². The van der Waals surface area contributed by atoms with Crippen molar-refractivity contribution in [3.8, 4) is 0 Å². The standard InChI is InChI=1S/C16H18N2O6/c17-7-6-12(19)14(21)11-8-13(20)18(15(11)22)16(23)24-9-10-4-2-1-3-5-10/h1-5,11-12,19H,6-9,17H2/t11-,12?/m0/s1. The number of amides is 3. The van der Waals surface area contributed by atoms with Gasteiger partial charge in [-0.25, -0.2) is 4.79 Å². The number of ether oxygens (including phenoxy) is 1. The average molecular weight is 334 g/mol. The summed E-state index contributed by atoms with van der Waals surface area (Å²) >= 11 is 0. The van der Waals surface area contributed by atoms with E-state index < -0.39 is 42.1 Å². The van der Waals surface area contributed by atoms with Crippen LogP contribution in [0.3, 0.4) is 0 Å². The Balaban J connectivity index is 2.00. The fraction of sp³-hybridized carbons (Fsp3) is 0.375. The molecule has 3 amide bonds. The van der Waals surface area contributed by atoms with Gasteiger partial charge in [-0.3, -0.25) is 14.4 Å². The van der Waals surface area contributed by atoms with E-state index in [-0.39, 0.29) is 19.6 Å². The number of aliphatic hydroxyl groups excluding tert-OH is 1. The number of imide groups is 3. The number of rotatable bonds is 6. The first-order chi connectivity index (χ1) is 11.5. The fourth-order valence-corrected chi connectivity index (χ4v) is 2.36. The van der Waals surface area contributed by atoms with Crippen LogP contribution in [-0.4, -0.2) is 46.3 Å². The second-order valence-corrected chi connectivity index (χ2v) is 5.36. The molecule has 1 heterocycles. The first kappa shape index (κ1) is 17.8. The summed E-state index contributed by atoms with van der Waals surface area (Å²) in [7, 11) is 0. The lowest BCUT2D eigenvalue weighted by atomic mass is 9.96. The second kappa shape index (κ2) is 7.80. The molecule has 0 radical (unpaired) electrons. The smallest absolute Gasteiger partial charge is 0.423 e. The minimum atomic E-state index is -1.43. The van der Waals surface area contributed by atoms with E-state index in [0.29, 0.717) is 10.5 Å². The van der Waals surface area contributed by atoms with Crippen LogP contribution in [-0.2, 0) is 25.7 Å². The highest BCUT2D eigenvalue weighted by Crippen LogP contribution is 2.23. The van der Waals surface area contributed by atoms with Crippen molar-refractivity contribution in [1.82, 2.24) is 4.90 Å². The molecule has 0 bridgehead atoms. The van der Waals surface area contributed by atoms with Gasteiger partial charge in [0, 0.05) is 6.42 Å². The Morgan fingerprint density at radius 2 is 1.96 bits per heavy atom. The number of nitrogens with zero attached hydrogens (tertiary/aromatic N) is 1. The first-order valence-electron chi connectivity index (χ1n) is 7.45. The number of hydrogen-bond acceptors (Lipinski definition) is 7. The van der Waals surface area contributed by atoms with Crippen molar-refractivity contribution in [3.63, 3.8) is 0 Å². The van der Waals surface area contributed by atoms with E-state index in [1.54, 1.807) is 30.3 Å². The third-order valence-electron chi connectivity index (χ3n) is 3.65. The predicted octanol–water partition coefficient (Wildman–Crippen LogP) is -0.0229. The van der Waals surface area contributed by atoms with Crippen molar-refractivity contribution in [2.24, 2.45) is 11.7 Å². The van der Waals surface area contributed by atoms with Gasteiger partial charge in [0.05, 0.1) is 0 Å². The zero-order valence-electron chi connectivity index (χ0n) is 12.9. The largest absolute Gasteiger partial charge is 0.444 e. The maximum absolute atomic E-state index is 12.2. The molecule has 1 saturated heterocycles. The fourth-order valence-electron chi connectivity index (χ4n) is 2.36. The van der Waals surface area contributed by atoms with Gasteiger partial charge in [0.1, 0.15) is 18.6 Å². The van der Waals surface area contributed by atoms with Crippen molar-refractivity contribution in [2.45, 2.75) is 25.6 Å². The molecule has 8 heteroatoms. The Morgan fingerprint density at radius 1 is 1.29 bits per heavy atom. The van der Waals surface area contributed by atoms with Gasteiger partial charge in [0.25, 0.3) is 0 Å². The van der Waals surface area contributed by atoms with E-state index in [2.05, 4.69) is 0 Å². The number of carbonyl (C=O) groups is 4. The van der Waals surface area contributed by atoms with E-state index in [9.17, 15) is 24.3 Å². The van der Waals surface area contributed by atoms with Crippen LogP contribution < -0.4 is 5.73 Å². The molecule has 0 aliphatic carbocycles. The highest BCUT2D eigenvalue weighted by atomic mass is 16.6. The molecule has 2 rings (SSSR count). The van der Waals surface area contributed by atoms with E-state index in [4.69, 9.17) is 10.5 Å². The Morgan fingerprint density at radius 3 is 2.58 bits per heavy atom. The number of nitrogens with two attached hydrogens (primary N) is 1. The van der Waals surface area contributed by atoms with Gasteiger partial charge in [0.2, 0.25) is 11.8 Å². The molecule has 0 saturated carbocycles. The third kappa shape index (κ3) is 3.84. The zero-order valence-corrected chi connectivity index (χ0v) is 12.9. The highest BCUT2D eigenvalue weighted by molar-refractivity contribution is 6.21. The van der Waals surface area contributed by atoms with Crippen molar-refractivity contribution < 1.29 is 29.0 Å². The SMILES string of the molecule is NCCC(O)C(=O)[C@@H]1CC(=O)N(C(=O)OCc2ccccc2)C1=O. The number of carbonyl (C=O) groups excluding carboxylic acids is 4. The van der Waals surface area contributed by atoms with Crippen LogP contribution in [0.1, 0.15) is 18.4 Å². The number of benzene rings is 1. The van der Waals surface area contributed by atoms with Crippen LogP contribution in [0.4, 0.5) is 4.79 Å². The molecule has 8 nitrogen and oxygen atoms in total. The summed E-state index contributed by atoms with van der Waals surface area (Å²) < 4.78 is 4.94. The lowest BCUT2D eigenvalue weighted by molar-refractivity contribution is -0.141. The van der Waals surface area contributed by atoms with Gasteiger partial charge in [-0.2, -0.15) is 4.90 Å². The molecule has 128 valence electrons. The summed E-state index contributed by atoms with van der Waals surface area (Å²) in [4.78, 5) is 48.3. The summed E-state index contributed by atoms with van der Waals surface area (Å²) in [5.74, 6) is -3.98. The first-order valence-corrected chi connectivity index (χ1v) is 7.45. The maximum atomic E-state index is 12.2. The molecule has 1 aromatic rings. The van der Waals surface area contributed by atoms with E-state index in [0.717, 1.165) is 0 Å². The number of hydrogen-bond donors (Lipinski definition) is 2. The quantitative estimate of drug-likeness (QED) is 0.552. The molecule has 0 spiro atoms. The molecular weight excluding hydrogens is 316 g/mol. The topological polar surface area (TPSA) is 127 Å². The molecule has 24 heavy (non-hydrogen) atoms. The molecule has 1 fully saturated rings. The summed E-state index contributed by atoms with van der Waals surface area (Å²) in [6.45, 7) is -0.0459. The Labute approximate surface area is 138 Å². The average Bonchev–Trinajstić information content (AvgIpc) is 2.87. The summed E-state index contributed by atoms with van der Waals surface area (Å²) in [5.41, 5.74) is 5.94. The second-order valence-electron chi connectivity index (χ2n) is 5.36. The Hall–Kier alpha value is -2.58. The van der Waals surface area contributed by atoms with E-state index in [1.807, 2.05) is 0 Å². The Bertz CT molecular complexity index is 645. The minimum Gasteiger partial charge on any atom is -0.444 e. The molecule has 1 aliphatic rings. The number of ketones is 1. The number of aliphatic hydroxyl groups is 1. The van der Waals surface area contributed by atoms with Gasteiger partial charge in [-0.15, -0.1) is 0 Å². The number of likely N-dealkylation sites (tertiary alicyclic amines) is 1. The summed E-state index contributed by atoms with van der Waals surface area (Å²) in [6.07, 6.45) is -3.04. The monoisotopic (exact) mass is 334 g/mol. The summed E-state index contributed by atoms with van der Waals surface area (Å²) in [6, 6.07) is 8.74. The highest BCUT2D eigenvalue weighted by Gasteiger charge is 2.48. The van der Waals surface area contributed by atoms with Crippen molar-refractivity contribution >= 4 is 23.7 Å². The van der Waals surface area contributed by atoms with E-state index >= 15 is 0 Å². The molecule has 0 aromatic heterocycles. The van der Waals surface area contributed by atoms with Gasteiger partial charge in [0.15, 0.2) is 5.78 Å². The van der Waals surface area contributed by atoms with Gasteiger partial charge in [-0.05, 0) is 18.5 Å².